The smallest absolute Gasteiger partial charge is 0.274 e. The van der Waals surface area contributed by atoms with Gasteiger partial charge in [-0.1, -0.05) is 17.7 Å². The van der Waals surface area contributed by atoms with E-state index in [0.29, 0.717) is 12.4 Å². The Bertz CT molecular complexity index is 941. The Morgan fingerprint density at radius 2 is 2.15 bits per heavy atom. The van der Waals surface area contributed by atoms with Gasteiger partial charge < -0.3 is 9.64 Å². The van der Waals surface area contributed by atoms with Crippen LogP contribution in [0.1, 0.15) is 21.9 Å². The van der Waals surface area contributed by atoms with Gasteiger partial charge in [-0.3, -0.25) is 4.79 Å². The molecule has 26 heavy (non-hydrogen) atoms. The number of hydrogen-bond acceptors (Lipinski definition) is 5. The van der Waals surface area contributed by atoms with Crippen LogP contribution < -0.4 is 4.74 Å². The number of methoxy groups -OCH3 is 1. The molecule has 0 radical (unpaired) electrons. The van der Waals surface area contributed by atoms with Gasteiger partial charge in [-0.2, -0.15) is 5.10 Å². The normalized spacial score (nSPS) is 10.6. The fraction of sp³-hybridized carbons (Fsp3) is 0.222. The highest BCUT2D eigenvalue weighted by atomic mass is 35.5. The van der Waals surface area contributed by atoms with Crippen molar-refractivity contribution in [1.29, 1.82) is 0 Å². The lowest BCUT2D eigenvalue weighted by atomic mass is 10.3. The van der Waals surface area contributed by atoms with E-state index in [1.807, 2.05) is 30.5 Å². The Labute approximate surface area is 156 Å². The SMILES string of the molecule is COc1cccc(-n2cc(CN(C)C(=O)c3nc(C)ncc3Cl)cn2)c1. The molecule has 7 nitrogen and oxygen atoms in total. The van der Waals surface area contributed by atoms with Crippen molar-refractivity contribution in [2.24, 2.45) is 0 Å². The van der Waals surface area contributed by atoms with E-state index in [2.05, 4.69) is 15.1 Å². The minimum absolute atomic E-state index is 0.196. The van der Waals surface area contributed by atoms with Crippen molar-refractivity contribution in [3.8, 4) is 11.4 Å². The number of carbonyl (C=O) groups excluding carboxylic acids is 1. The molecule has 8 heteroatoms. The molecule has 0 spiro atoms. The minimum Gasteiger partial charge on any atom is -0.497 e. The summed E-state index contributed by atoms with van der Waals surface area (Å²) in [7, 11) is 3.31. The Morgan fingerprint density at radius 3 is 2.92 bits per heavy atom. The quantitative estimate of drug-likeness (QED) is 0.689. The van der Waals surface area contributed by atoms with Crippen molar-refractivity contribution in [2.45, 2.75) is 13.5 Å². The zero-order chi connectivity index (χ0) is 18.7. The van der Waals surface area contributed by atoms with Gasteiger partial charge in [0.05, 0.1) is 30.2 Å². The summed E-state index contributed by atoms with van der Waals surface area (Å²) in [6, 6.07) is 7.57. The van der Waals surface area contributed by atoms with Crippen molar-refractivity contribution in [1.82, 2.24) is 24.6 Å². The maximum atomic E-state index is 12.6. The number of amides is 1. The number of benzene rings is 1. The predicted molar refractivity (Wildman–Crippen MR) is 97.7 cm³/mol. The van der Waals surface area contributed by atoms with Gasteiger partial charge in [0.25, 0.3) is 5.91 Å². The molecule has 3 rings (SSSR count). The number of aromatic nitrogens is 4. The Balaban J connectivity index is 1.76. The van der Waals surface area contributed by atoms with E-state index in [1.54, 1.807) is 36.9 Å². The largest absolute Gasteiger partial charge is 0.497 e. The minimum atomic E-state index is -0.269. The third kappa shape index (κ3) is 3.83. The lowest BCUT2D eigenvalue weighted by molar-refractivity contribution is 0.0779. The van der Waals surface area contributed by atoms with Gasteiger partial charge in [0, 0.05) is 31.4 Å². The molecule has 2 heterocycles. The molecule has 0 unspecified atom stereocenters. The van der Waals surface area contributed by atoms with Crippen LogP contribution in [0.25, 0.3) is 5.69 Å². The van der Waals surface area contributed by atoms with Gasteiger partial charge >= 0.3 is 0 Å². The lowest BCUT2D eigenvalue weighted by Gasteiger charge is -2.16. The van der Waals surface area contributed by atoms with Gasteiger partial charge in [-0.25, -0.2) is 14.6 Å². The van der Waals surface area contributed by atoms with Crippen LogP contribution in [0, 0.1) is 6.92 Å². The number of rotatable bonds is 5. The summed E-state index contributed by atoms with van der Waals surface area (Å²) in [4.78, 5) is 22.2. The van der Waals surface area contributed by atoms with E-state index in [0.717, 1.165) is 17.0 Å². The van der Waals surface area contributed by atoms with Crippen molar-refractivity contribution < 1.29 is 9.53 Å². The van der Waals surface area contributed by atoms with Crippen molar-refractivity contribution in [3.63, 3.8) is 0 Å². The van der Waals surface area contributed by atoms with Crippen LogP contribution in [0.15, 0.2) is 42.9 Å². The average molecular weight is 372 g/mol. The molecule has 0 saturated heterocycles. The zero-order valence-corrected chi connectivity index (χ0v) is 15.4. The molecule has 1 amide bonds. The first-order chi connectivity index (χ1) is 12.5. The number of hydrogen-bond donors (Lipinski definition) is 0. The molecule has 0 saturated carbocycles. The molecule has 0 fully saturated rings. The molecule has 0 N–H and O–H groups in total. The molecule has 1 aromatic carbocycles. The Kier molecular flexibility index (Phi) is 5.18. The second-order valence-electron chi connectivity index (χ2n) is 5.77. The Morgan fingerprint density at radius 1 is 1.35 bits per heavy atom. The molecule has 0 aliphatic heterocycles. The molecule has 2 aromatic heterocycles. The number of ether oxygens (including phenoxy) is 1. The lowest BCUT2D eigenvalue weighted by Crippen LogP contribution is -2.27. The molecule has 134 valence electrons. The number of nitrogens with zero attached hydrogens (tertiary/aromatic N) is 5. The topological polar surface area (TPSA) is 73.1 Å². The maximum absolute atomic E-state index is 12.6. The fourth-order valence-corrected chi connectivity index (χ4v) is 2.64. The van der Waals surface area contributed by atoms with E-state index in [1.165, 1.54) is 6.20 Å². The van der Waals surface area contributed by atoms with Crippen LogP contribution >= 0.6 is 11.6 Å². The van der Waals surface area contributed by atoms with E-state index >= 15 is 0 Å². The third-order valence-electron chi connectivity index (χ3n) is 3.79. The molecular formula is C18H18ClN5O2. The van der Waals surface area contributed by atoms with Gasteiger partial charge in [-0.05, 0) is 19.1 Å². The first kappa shape index (κ1) is 17.9. The number of carbonyl (C=O) groups is 1. The monoisotopic (exact) mass is 371 g/mol. The second-order valence-corrected chi connectivity index (χ2v) is 6.18. The van der Waals surface area contributed by atoms with Gasteiger partial charge in [0.2, 0.25) is 0 Å². The molecule has 0 aliphatic carbocycles. The molecular weight excluding hydrogens is 354 g/mol. The average Bonchev–Trinajstić information content (AvgIpc) is 3.11. The van der Waals surface area contributed by atoms with E-state index in [-0.39, 0.29) is 16.6 Å². The highest BCUT2D eigenvalue weighted by molar-refractivity contribution is 6.33. The van der Waals surface area contributed by atoms with E-state index in [4.69, 9.17) is 16.3 Å². The summed E-state index contributed by atoms with van der Waals surface area (Å²) < 4.78 is 6.96. The fourth-order valence-electron chi connectivity index (χ4n) is 2.47. The van der Waals surface area contributed by atoms with Crippen LogP contribution in [0.4, 0.5) is 0 Å². The highest BCUT2D eigenvalue weighted by Gasteiger charge is 2.18. The van der Waals surface area contributed by atoms with Crippen LogP contribution in [0.3, 0.4) is 0 Å². The zero-order valence-electron chi connectivity index (χ0n) is 14.7. The summed E-state index contributed by atoms with van der Waals surface area (Å²) in [6.45, 7) is 2.09. The van der Waals surface area contributed by atoms with Crippen LogP contribution in [-0.4, -0.2) is 44.7 Å². The van der Waals surface area contributed by atoms with Crippen LogP contribution in [0.2, 0.25) is 5.02 Å². The molecule has 0 atom stereocenters. The standard InChI is InChI=1S/C18H18ClN5O2/c1-12-20-9-16(19)17(22-12)18(25)23(2)10-13-8-21-24(11-13)14-5-4-6-15(7-14)26-3/h4-9,11H,10H2,1-3H3. The van der Waals surface area contributed by atoms with Gasteiger partial charge in [0.15, 0.2) is 5.69 Å². The summed E-state index contributed by atoms with van der Waals surface area (Å²) in [5.41, 5.74) is 1.95. The van der Waals surface area contributed by atoms with Gasteiger partial charge in [-0.15, -0.1) is 0 Å². The summed E-state index contributed by atoms with van der Waals surface area (Å²) >= 11 is 6.05. The van der Waals surface area contributed by atoms with Gasteiger partial charge in [0.1, 0.15) is 11.6 Å². The van der Waals surface area contributed by atoms with Crippen molar-refractivity contribution in [2.75, 3.05) is 14.2 Å². The Hall–Kier alpha value is -2.93. The van der Waals surface area contributed by atoms with E-state index in [9.17, 15) is 4.79 Å². The van der Waals surface area contributed by atoms with Crippen LogP contribution in [0.5, 0.6) is 5.75 Å². The number of aryl methyl sites for hydroxylation is 1. The second kappa shape index (κ2) is 7.53. The van der Waals surface area contributed by atoms with Crippen LogP contribution in [-0.2, 0) is 6.54 Å². The van der Waals surface area contributed by atoms with E-state index < -0.39 is 0 Å². The van der Waals surface area contributed by atoms with Crippen molar-refractivity contribution in [3.05, 3.63) is 65.0 Å². The predicted octanol–water partition coefficient (Wildman–Crippen LogP) is 2.90. The third-order valence-corrected chi connectivity index (χ3v) is 4.06. The molecule has 0 bridgehead atoms. The first-order valence-electron chi connectivity index (χ1n) is 7.90. The first-order valence-corrected chi connectivity index (χ1v) is 8.28. The highest BCUT2D eigenvalue weighted by Crippen LogP contribution is 2.18. The summed E-state index contributed by atoms with van der Waals surface area (Å²) in [6.07, 6.45) is 5.02. The molecule has 0 aliphatic rings. The summed E-state index contributed by atoms with van der Waals surface area (Å²) in [5.74, 6) is 0.979. The maximum Gasteiger partial charge on any atom is 0.274 e. The van der Waals surface area contributed by atoms with Crippen molar-refractivity contribution >= 4 is 17.5 Å². The number of halogens is 1. The summed E-state index contributed by atoms with van der Waals surface area (Å²) in [5, 5.41) is 4.59. The molecule has 3 aromatic rings.